The highest BCUT2D eigenvalue weighted by molar-refractivity contribution is 5.79. The first-order chi connectivity index (χ1) is 10.2. The van der Waals surface area contributed by atoms with Crippen molar-refractivity contribution >= 4 is 5.91 Å². The van der Waals surface area contributed by atoms with Gasteiger partial charge in [0.15, 0.2) is 0 Å². The third kappa shape index (κ3) is 3.97. The number of nitrogens with zero attached hydrogens (tertiary/aromatic N) is 1. The van der Waals surface area contributed by atoms with E-state index < -0.39 is 0 Å². The van der Waals surface area contributed by atoms with Crippen molar-refractivity contribution in [1.29, 1.82) is 0 Å². The molecule has 0 saturated carbocycles. The van der Waals surface area contributed by atoms with E-state index in [1.807, 2.05) is 24.0 Å². The molecule has 1 aromatic rings. The van der Waals surface area contributed by atoms with Gasteiger partial charge in [-0.3, -0.25) is 4.79 Å². The van der Waals surface area contributed by atoms with Crippen molar-refractivity contribution in [1.82, 2.24) is 10.2 Å². The van der Waals surface area contributed by atoms with Crippen LogP contribution in [0.5, 0.6) is 5.75 Å². The van der Waals surface area contributed by atoms with E-state index in [1.54, 1.807) is 7.11 Å². The third-order valence-corrected chi connectivity index (χ3v) is 4.17. The highest BCUT2D eigenvalue weighted by atomic mass is 16.5. The average molecular weight is 290 g/mol. The first-order valence-electron chi connectivity index (χ1n) is 7.81. The zero-order valence-corrected chi connectivity index (χ0v) is 13.3. The first-order valence-corrected chi connectivity index (χ1v) is 7.81. The molecule has 2 rings (SSSR count). The maximum atomic E-state index is 12.3. The summed E-state index contributed by atoms with van der Waals surface area (Å²) >= 11 is 0. The van der Waals surface area contributed by atoms with Gasteiger partial charge in [0.1, 0.15) is 5.75 Å². The van der Waals surface area contributed by atoms with Crippen molar-refractivity contribution in [2.75, 3.05) is 26.7 Å². The van der Waals surface area contributed by atoms with E-state index in [-0.39, 0.29) is 17.9 Å². The molecule has 4 nitrogen and oxygen atoms in total. The number of likely N-dealkylation sites (tertiary alicyclic amines) is 1. The van der Waals surface area contributed by atoms with Crippen molar-refractivity contribution in [3.63, 3.8) is 0 Å². The maximum absolute atomic E-state index is 12.3. The van der Waals surface area contributed by atoms with E-state index in [2.05, 4.69) is 24.4 Å². The van der Waals surface area contributed by atoms with Crippen molar-refractivity contribution < 1.29 is 9.53 Å². The molecule has 2 atom stereocenters. The van der Waals surface area contributed by atoms with Crippen LogP contribution < -0.4 is 10.1 Å². The Kier molecular flexibility index (Phi) is 5.62. The zero-order chi connectivity index (χ0) is 15.2. The monoisotopic (exact) mass is 290 g/mol. The summed E-state index contributed by atoms with van der Waals surface area (Å²) in [4.78, 5) is 14.3. The molecule has 21 heavy (non-hydrogen) atoms. The molecule has 0 bridgehead atoms. The lowest BCUT2D eigenvalue weighted by molar-refractivity contribution is -0.138. The Morgan fingerprint density at radius 3 is 2.71 bits per heavy atom. The van der Waals surface area contributed by atoms with Crippen LogP contribution in [0.2, 0.25) is 0 Å². The quantitative estimate of drug-likeness (QED) is 0.875. The van der Waals surface area contributed by atoms with Crippen molar-refractivity contribution in [3.05, 3.63) is 29.8 Å². The molecule has 1 aliphatic heterocycles. The van der Waals surface area contributed by atoms with Gasteiger partial charge in [-0.2, -0.15) is 0 Å². The Bertz CT molecular complexity index is 458. The largest absolute Gasteiger partial charge is 0.497 e. The second-order valence-corrected chi connectivity index (χ2v) is 5.71. The Morgan fingerprint density at radius 1 is 1.38 bits per heavy atom. The van der Waals surface area contributed by atoms with Crippen molar-refractivity contribution in [2.45, 2.75) is 32.7 Å². The second kappa shape index (κ2) is 7.46. The number of likely N-dealkylation sites (N-methyl/N-ethyl adjacent to an activating group) is 1. The summed E-state index contributed by atoms with van der Waals surface area (Å²) in [5, 5.41) is 3.48. The molecule has 1 amide bonds. The van der Waals surface area contributed by atoms with Crippen LogP contribution in [0.25, 0.3) is 0 Å². The van der Waals surface area contributed by atoms with Gasteiger partial charge < -0.3 is 15.0 Å². The molecule has 1 saturated heterocycles. The Morgan fingerprint density at radius 2 is 2.10 bits per heavy atom. The van der Waals surface area contributed by atoms with Crippen molar-refractivity contribution in [3.8, 4) is 5.75 Å². The number of rotatable bonds is 6. The van der Waals surface area contributed by atoms with Gasteiger partial charge in [0.25, 0.3) is 0 Å². The van der Waals surface area contributed by atoms with Gasteiger partial charge in [0.2, 0.25) is 5.91 Å². The lowest BCUT2D eigenvalue weighted by Gasteiger charge is -2.34. The average Bonchev–Trinajstić information content (AvgIpc) is 2.51. The van der Waals surface area contributed by atoms with Crippen LogP contribution in [-0.2, 0) is 4.79 Å². The van der Waals surface area contributed by atoms with Gasteiger partial charge in [-0.05, 0) is 37.1 Å². The van der Waals surface area contributed by atoms with E-state index in [0.29, 0.717) is 0 Å². The van der Waals surface area contributed by atoms with E-state index in [0.717, 1.165) is 38.2 Å². The summed E-state index contributed by atoms with van der Waals surface area (Å²) in [6.07, 6.45) is 2.12. The Hall–Kier alpha value is -1.55. The van der Waals surface area contributed by atoms with E-state index in [1.165, 1.54) is 5.56 Å². The molecule has 1 aromatic carbocycles. The summed E-state index contributed by atoms with van der Waals surface area (Å²) in [6.45, 7) is 6.63. The lowest BCUT2D eigenvalue weighted by atomic mass is 9.97. The Balaban J connectivity index is 2.08. The lowest BCUT2D eigenvalue weighted by Crippen LogP contribution is -2.44. The number of amides is 1. The standard InChI is InChI=1S/C17H26N2O2/c1-4-18-16(14-7-9-15(21-3)10-8-14)12-19-11-5-6-13(2)17(19)20/h7-10,13,16,18H,4-6,11-12H2,1-3H3. The summed E-state index contributed by atoms with van der Waals surface area (Å²) in [7, 11) is 1.67. The van der Waals surface area contributed by atoms with Gasteiger partial charge in [0, 0.05) is 25.0 Å². The third-order valence-electron chi connectivity index (χ3n) is 4.17. The number of hydrogen-bond donors (Lipinski definition) is 1. The van der Waals surface area contributed by atoms with Crippen LogP contribution in [-0.4, -0.2) is 37.6 Å². The smallest absolute Gasteiger partial charge is 0.225 e. The fraction of sp³-hybridized carbons (Fsp3) is 0.588. The highest BCUT2D eigenvalue weighted by Gasteiger charge is 2.27. The van der Waals surface area contributed by atoms with Crippen molar-refractivity contribution in [2.24, 2.45) is 5.92 Å². The molecule has 2 unspecified atom stereocenters. The number of benzene rings is 1. The van der Waals surface area contributed by atoms with Gasteiger partial charge in [-0.25, -0.2) is 0 Å². The molecule has 0 aliphatic carbocycles. The summed E-state index contributed by atoms with van der Waals surface area (Å²) in [5.74, 6) is 1.31. The van der Waals surface area contributed by atoms with Crippen LogP contribution in [0.4, 0.5) is 0 Å². The molecule has 0 spiro atoms. The molecular formula is C17H26N2O2. The fourth-order valence-corrected chi connectivity index (χ4v) is 2.91. The van der Waals surface area contributed by atoms with Crippen LogP contribution in [0.3, 0.4) is 0 Å². The topological polar surface area (TPSA) is 41.6 Å². The zero-order valence-electron chi connectivity index (χ0n) is 13.3. The molecule has 1 aliphatic rings. The number of methoxy groups -OCH3 is 1. The minimum absolute atomic E-state index is 0.164. The fourth-order valence-electron chi connectivity index (χ4n) is 2.91. The number of carbonyl (C=O) groups excluding carboxylic acids is 1. The van der Waals surface area contributed by atoms with Crippen LogP contribution in [0.15, 0.2) is 24.3 Å². The van der Waals surface area contributed by atoms with E-state index >= 15 is 0 Å². The van der Waals surface area contributed by atoms with Gasteiger partial charge >= 0.3 is 0 Å². The van der Waals surface area contributed by atoms with Gasteiger partial charge in [-0.15, -0.1) is 0 Å². The summed E-state index contributed by atoms with van der Waals surface area (Å²) in [5.41, 5.74) is 1.20. The second-order valence-electron chi connectivity index (χ2n) is 5.71. The molecular weight excluding hydrogens is 264 g/mol. The normalized spacial score (nSPS) is 20.4. The molecule has 0 radical (unpaired) electrons. The first kappa shape index (κ1) is 15.8. The molecule has 1 N–H and O–H groups in total. The molecule has 4 heteroatoms. The van der Waals surface area contributed by atoms with Gasteiger partial charge in [0.05, 0.1) is 7.11 Å². The predicted molar refractivity (Wildman–Crippen MR) is 84.4 cm³/mol. The number of hydrogen-bond acceptors (Lipinski definition) is 3. The minimum atomic E-state index is 0.164. The van der Waals surface area contributed by atoms with Gasteiger partial charge in [-0.1, -0.05) is 26.0 Å². The molecule has 116 valence electrons. The summed E-state index contributed by atoms with van der Waals surface area (Å²) in [6, 6.07) is 8.27. The number of piperidine rings is 1. The number of ether oxygens (including phenoxy) is 1. The SMILES string of the molecule is CCNC(CN1CCCC(C)C1=O)c1ccc(OC)cc1. The van der Waals surface area contributed by atoms with Crippen LogP contribution >= 0.6 is 0 Å². The molecule has 0 aromatic heterocycles. The Labute approximate surface area is 127 Å². The predicted octanol–water partition coefficient (Wildman–Crippen LogP) is 2.60. The van der Waals surface area contributed by atoms with Crippen LogP contribution in [0, 0.1) is 5.92 Å². The highest BCUT2D eigenvalue weighted by Crippen LogP contribution is 2.22. The maximum Gasteiger partial charge on any atom is 0.225 e. The molecule has 1 fully saturated rings. The van der Waals surface area contributed by atoms with E-state index in [9.17, 15) is 4.79 Å². The summed E-state index contributed by atoms with van der Waals surface area (Å²) < 4.78 is 5.21. The van der Waals surface area contributed by atoms with E-state index in [4.69, 9.17) is 4.74 Å². The number of nitrogens with one attached hydrogen (secondary N) is 1. The molecule has 1 heterocycles. The van der Waals surface area contributed by atoms with Crippen LogP contribution in [0.1, 0.15) is 38.3 Å². The minimum Gasteiger partial charge on any atom is -0.497 e. The number of carbonyl (C=O) groups is 1.